The second-order valence-electron chi connectivity index (χ2n) is 6.95. The fraction of sp³-hybridized carbons (Fsp3) is 0.850. The van der Waals surface area contributed by atoms with Crippen LogP contribution < -0.4 is 29.6 Å². The minimum atomic E-state index is -4.60. The van der Waals surface area contributed by atoms with E-state index in [1.165, 1.54) is 71.1 Å². The first-order valence-corrected chi connectivity index (χ1v) is 11.7. The van der Waals surface area contributed by atoms with Crippen LogP contribution in [0, 0.1) is 0 Å². The van der Waals surface area contributed by atoms with E-state index in [4.69, 9.17) is 4.74 Å². The van der Waals surface area contributed by atoms with Gasteiger partial charge in [0.25, 0.3) is 10.4 Å². The van der Waals surface area contributed by atoms with Crippen LogP contribution in [-0.4, -0.2) is 25.5 Å². The van der Waals surface area contributed by atoms with Crippen LogP contribution in [0.2, 0.25) is 0 Å². The Morgan fingerprint density at radius 3 is 1.57 bits per heavy atom. The third-order valence-corrected chi connectivity index (χ3v) is 4.69. The molecule has 0 saturated carbocycles. The molecule has 0 amide bonds. The second-order valence-corrected chi connectivity index (χ2v) is 7.96. The monoisotopic (exact) mass is 428 g/mol. The molecule has 0 aliphatic carbocycles. The van der Waals surface area contributed by atoms with Crippen molar-refractivity contribution in [1.29, 1.82) is 0 Å². The Bertz CT molecular complexity index is 479. The van der Waals surface area contributed by atoms with E-state index in [1.807, 2.05) is 0 Å². The number of rotatable bonds is 19. The third-order valence-electron chi connectivity index (χ3n) is 4.34. The number of ether oxygens (including phenoxy) is 1. The van der Waals surface area contributed by atoms with Gasteiger partial charge >= 0.3 is 35.5 Å². The van der Waals surface area contributed by atoms with Crippen molar-refractivity contribution in [2.24, 2.45) is 0 Å². The average molecular weight is 429 g/mol. The molecule has 0 radical (unpaired) electrons. The van der Waals surface area contributed by atoms with Crippen LogP contribution in [0.5, 0.6) is 0 Å². The zero-order chi connectivity index (χ0) is 20.2. The molecule has 0 rings (SSSR count). The molecule has 0 fully saturated rings. The van der Waals surface area contributed by atoms with Gasteiger partial charge in [0, 0.05) is 6.92 Å². The quantitative estimate of drug-likeness (QED) is 0.0783. The summed E-state index contributed by atoms with van der Waals surface area (Å²) in [6.07, 6.45) is 20.3. The molecule has 28 heavy (non-hydrogen) atoms. The summed E-state index contributed by atoms with van der Waals surface area (Å²) in [5, 5.41) is 0. The number of hydrogen-bond acceptors (Lipinski definition) is 6. The molecule has 160 valence electrons. The number of allylic oxidation sites excluding steroid dienone is 1. The van der Waals surface area contributed by atoms with E-state index in [-0.39, 0.29) is 35.5 Å². The molecule has 8 heteroatoms. The van der Waals surface area contributed by atoms with Crippen molar-refractivity contribution in [3.05, 3.63) is 12.3 Å². The Balaban J connectivity index is 0. The van der Waals surface area contributed by atoms with Gasteiger partial charge in [-0.05, 0) is 25.3 Å². The number of carbonyl (C=O) groups is 1. The van der Waals surface area contributed by atoms with Crippen LogP contribution in [0.15, 0.2) is 12.3 Å². The molecule has 0 spiro atoms. The zero-order valence-electron chi connectivity index (χ0n) is 17.8. The smallest absolute Gasteiger partial charge is 0.716 e. The predicted molar refractivity (Wildman–Crippen MR) is 106 cm³/mol. The van der Waals surface area contributed by atoms with Gasteiger partial charge in [-0.3, -0.25) is 4.79 Å². The van der Waals surface area contributed by atoms with Crippen molar-refractivity contribution >= 4 is 16.4 Å². The summed E-state index contributed by atoms with van der Waals surface area (Å²) in [5.41, 5.74) is 0. The predicted octanol–water partition coefficient (Wildman–Crippen LogP) is 2.40. The Hall–Kier alpha value is -0.0800. The van der Waals surface area contributed by atoms with Crippen LogP contribution in [0.1, 0.15) is 103 Å². The summed E-state index contributed by atoms with van der Waals surface area (Å²) >= 11 is 0. The molecule has 0 atom stereocenters. The maximum atomic E-state index is 10.6. The fourth-order valence-electron chi connectivity index (χ4n) is 2.88. The summed E-state index contributed by atoms with van der Waals surface area (Å²) < 4.78 is 39.5. The van der Waals surface area contributed by atoms with Gasteiger partial charge in [0.15, 0.2) is 0 Å². The summed E-state index contributed by atoms with van der Waals surface area (Å²) in [4.78, 5) is 10.6. The van der Waals surface area contributed by atoms with Crippen LogP contribution in [-0.2, 0) is 24.1 Å². The molecule has 0 bridgehead atoms. The van der Waals surface area contributed by atoms with E-state index in [0.717, 1.165) is 38.4 Å². The summed E-state index contributed by atoms with van der Waals surface area (Å²) in [7, 11) is -4.60. The molecule has 0 aliphatic heterocycles. The topological polar surface area (TPSA) is 92.7 Å². The summed E-state index contributed by atoms with van der Waals surface area (Å²) in [6, 6.07) is 0. The van der Waals surface area contributed by atoms with Gasteiger partial charge < -0.3 is 13.5 Å². The van der Waals surface area contributed by atoms with Crippen LogP contribution in [0.4, 0.5) is 0 Å². The molecule has 0 unspecified atom stereocenters. The van der Waals surface area contributed by atoms with Crippen molar-refractivity contribution in [3.8, 4) is 0 Å². The standard InChI is InChI=1S/C20H38O6S.Na/c1-20(21)25-18-16-14-12-10-8-6-4-2-3-5-7-9-11-13-15-17-19-26-27(22,23)24;/h17,19H,2-16,18H2,1H3,(H,22,23,24);/q;+1/p-1/b19-17+;. The van der Waals surface area contributed by atoms with Gasteiger partial charge in [-0.1, -0.05) is 77.0 Å². The molecule has 0 N–H and O–H groups in total. The van der Waals surface area contributed by atoms with Crippen LogP contribution in [0.3, 0.4) is 0 Å². The molecule has 0 heterocycles. The number of esters is 1. The van der Waals surface area contributed by atoms with Crippen molar-refractivity contribution < 1.29 is 56.2 Å². The molecule has 0 aromatic carbocycles. The van der Waals surface area contributed by atoms with Crippen molar-refractivity contribution in [2.45, 2.75) is 103 Å². The van der Waals surface area contributed by atoms with Crippen molar-refractivity contribution in [2.75, 3.05) is 6.61 Å². The molecular formula is C20H37NaO6S. The Morgan fingerprint density at radius 1 is 0.786 bits per heavy atom. The van der Waals surface area contributed by atoms with Gasteiger partial charge in [0.2, 0.25) is 0 Å². The Labute approximate surface area is 194 Å². The minimum absolute atomic E-state index is 0. The molecule has 0 aromatic heterocycles. The Morgan fingerprint density at radius 2 is 1.18 bits per heavy atom. The number of unbranched alkanes of at least 4 members (excludes halogenated alkanes) is 14. The van der Waals surface area contributed by atoms with E-state index in [0.29, 0.717) is 6.61 Å². The second kappa shape index (κ2) is 21.6. The summed E-state index contributed by atoms with van der Waals surface area (Å²) in [5.74, 6) is -0.186. The zero-order valence-corrected chi connectivity index (χ0v) is 20.6. The normalized spacial score (nSPS) is 11.4. The first-order chi connectivity index (χ1) is 12.9. The SMILES string of the molecule is CC(=O)OCCCCCCCCCCCCCCCC/C=C/OS(=O)(=O)[O-].[Na+]. The number of hydrogen-bond donors (Lipinski definition) is 0. The van der Waals surface area contributed by atoms with Gasteiger partial charge in [-0.15, -0.1) is 0 Å². The van der Waals surface area contributed by atoms with Crippen LogP contribution >= 0.6 is 0 Å². The molecular weight excluding hydrogens is 391 g/mol. The van der Waals surface area contributed by atoms with Crippen molar-refractivity contribution in [3.63, 3.8) is 0 Å². The van der Waals surface area contributed by atoms with E-state index in [1.54, 1.807) is 6.08 Å². The minimum Gasteiger partial charge on any atom is -0.716 e. The van der Waals surface area contributed by atoms with Gasteiger partial charge in [0.05, 0.1) is 6.61 Å². The summed E-state index contributed by atoms with van der Waals surface area (Å²) in [6.45, 7) is 2.01. The van der Waals surface area contributed by atoms with Crippen LogP contribution in [0.25, 0.3) is 0 Å². The largest absolute Gasteiger partial charge is 1.00 e. The number of carbonyl (C=O) groups excluding carboxylic acids is 1. The molecule has 6 nitrogen and oxygen atoms in total. The molecule has 0 aliphatic rings. The maximum absolute atomic E-state index is 10.6. The first kappa shape index (κ1) is 30.1. The average Bonchev–Trinajstić information content (AvgIpc) is 2.58. The van der Waals surface area contributed by atoms with E-state index >= 15 is 0 Å². The van der Waals surface area contributed by atoms with Gasteiger partial charge in [-0.2, -0.15) is 0 Å². The molecule has 0 aromatic rings. The van der Waals surface area contributed by atoms with E-state index in [9.17, 15) is 17.8 Å². The van der Waals surface area contributed by atoms with E-state index in [2.05, 4.69) is 4.18 Å². The van der Waals surface area contributed by atoms with Gasteiger partial charge in [0.1, 0.15) is 6.26 Å². The van der Waals surface area contributed by atoms with Gasteiger partial charge in [-0.25, -0.2) is 8.42 Å². The van der Waals surface area contributed by atoms with E-state index < -0.39 is 10.4 Å². The fourth-order valence-corrected chi connectivity index (χ4v) is 3.09. The Kier molecular flexibility index (Phi) is 23.3. The van der Waals surface area contributed by atoms with Crippen molar-refractivity contribution in [1.82, 2.24) is 0 Å². The maximum Gasteiger partial charge on any atom is 1.00 e. The first-order valence-electron chi connectivity index (χ1n) is 10.3. The third kappa shape index (κ3) is 28.1. The molecule has 0 saturated heterocycles.